The lowest BCUT2D eigenvalue weighted by molar-refractivity contribution is -0.146. The first-order valence-corrected chi connectivity index (χ1v) is 13.5. The van der Waals surface area contributed by atoms with Gasteiger partial charge in [-0.05, 0) is 56.5 Å². The van der Waals surface area contributed by atoms with E-state index < -0.39 is 50.8 Å². The number of aromatic hydroxyl groups is 1. The van der Waals surface area contributed by atoms with Crippen molar-refractivity contribution in [2.75, 3.05) is 7.05 Å². The summed E-state index contributed by atoms with van der Waals surface area (Å²) in [4.78, 5) is 53.2. The molecule has 0 aromatic heterocycles. The van der Waals surface area contributed by atoms with Crippen molar-refractivity contribution in [3.05, 3.63) is 53.6 Å². The topological polar surface area (TPSA) is 95.0 Å². The van der Waals surface area contributed by atoms with Gasteiger partial charge >= 0.3 is 0 Å². The SMILES string of the molecule is CN1C(=O)C2(Cl)CC3C(=CCC4C(=O)N(C(C)(C)C)C(=O)C43)C(c3ccc(O)c4ccccc34)C2(Cl)C1=O. The molecule has 38 heavy (non-hydrogen) atoms. The zero-order valence-electron chi connectivity index (χ0n) is 21.5. The highest BCUT2D eigenvalue weighted by molar-refractivity contribution is 6.53. The Hall–Kier alpha value is -2.90. The summed E-state index contributed by atoms with van der Waals surface area (Å²) in [5.41, 5.74) is 0.664. The van der Waals surface area contributed by atoms with Gasteiger partial charge in [-0.2, -0.15) is 0 Å². The molecule has 3 fully saturated rings. The molecule has 0 bridgehead atoms. The summed E-state index contributed by atoms with van der Waals surface area (Å²) in [5.74, 6) is -4.37. The van der Waals surface area contributed by atoms with Crippen LogP contribution in [0.15, 0.2) is 48.0 Å². The van der Waals surface area contributed by atoms with Crippen molar-refractivity contribution in [2.24, 2.45) is 17.8 Å². The van der Waals surface area contributed by atoms with Gasteiger partial charge in [-0.25, -0.2) is 0 Å². The van der Waals surface area contributed by atoms with Crippen LogP contribution in [0.1, 0.15) is 45.1 Å². The van der Waals surface area contributed by atoms with Crippen molar-refractivity contribution in [2.45, 2.75) is 54.8 Å². The smallest absolute Gasteiger partial charge is 0.253 e. The molecule has 2 saturated heterocycles. The Morgan fingerprint density at radius 3 is 2.24 bits per heavy atom. The summed E-state index contributed by atoms with van der Waals surface area (Å²) >= 11 is 14.5. The van der Waals surface area contributed by atoms with Crippen LogP contribution in [0.5, 0.6) is 5.75 Å². The van der Waals surface area contributed by atoms with Crippen molar-refractivity contribution < 1.29 is 24.3 Å². The van der Waals surface area contributed by atoms with E-state index in [0.717, 1.165) is 10.5 Å². The molecule has 0 radical (unpaired) electrons. The fourth-order valence-electron chi connectivity index (χ4n) is 7.31. The maximum atomic E-state index is 13.8. The molecule has 6 rings (SSSR count). The average Bonchev–Trinajstić information content (AvgIpc) is 3.20. The molecule has 2 aromatic rings. The zero-order chi connectivity index (χ0) is 27.5. The Kier molecular flexibility index (Phi) is 5.23. The molecule has 1 saturated carbocycles. The van der Waals surface area contributed by atoms with Crippen molar-refractivity contribution in [3.63, 3.8) is 0 Å². The number of alkyl halides is 2. The number of nitrogens with zero attached hydrogens (tertiary/aromatic N) is 2. The lowest BCUT2D eigenvalue weighted by atomic mass is 9.56. The van der Waals surface area contributed by atoms with E-state index >= 15 is 0 Å². The standard InChI is InChI=1S/C29H28Cl2N2O5/c1-27(2,3)33-23(35)18-10-9-17-19(21(18)24(33)36)13-28(30)25(37)32(4)26(38)29(28,31)22(17)16-11-12-20(34)15-8-6-5-7-14(15)16/h5-9,11-12,18-19,21-22,34H,10,13H2,1-4H3. The number of imide groups is 2. The summed E-state index contributed by atoms with van der Waals surface area (Å²) in [6.07, 6.45) is 2.20. The van der Waals surface area contributed by atoms with E-state index in [1.807, 2.05) is 39.0 Å². The third-order valence-corrected chi connectivity index (χ3v) is 10.3. The lowest BCUT2D eigenvalue weighted by Crippen LogP contribution is -2.60. The zero-order valence-corrected chi connectivity index (χ0v) is 23.0. The Morgan fingerprint density at radius 2 is 1.58 bits per heavy atom. The number of phenolic OH excluding ortho intramolecular Hbond substituents is 1. The second-order valence-electron chi connectivity index (χ2n) is 11.9. The van der Waals surface area contributed by atoms with Gasteiger partial charge in [0.15, 0.2) is 9.75 Å². The molecule has 0 spiro atoms. The van der Waals surface area contributed by atoms with E-state index in [1.165, 1.54) is 11.9 Å². The second-order valence-corrected chi connectivity index (χ2v) is 13.1. The molecular weight excluding hydrogens is 527 g/mol. The number of likely N-dealkylation sites (tertiary alicyclic amines) is 2. The number of hydrogen-bond acceptors (Lipinski definition) is 5. The van der Waals surface area contributed by atoms with Gasteiger partial charge in [-0.15, -0.1) is 23.2 Å². The van der Waals surface area contributed by atoms with Crippen molar-refractivity contribution >= 4 is 57.6 Å². The number of hydrogen-bond donors (Lipinski definition) is 1. The van der Waals surface area contributed by atoms with Gasteiger partial charge in [0.25, 0.3) is 11.8 Å². The van der Waals surface area contributed by atoms with Gasteiger partial charge in [0.1, 0.15) is 5.75 Å². The van der Waals surface area contributed by atoms with Crippen LogP contribution >= 0.6 is 23.2 Å². The molecule has 1 N–H and O–H groups in total. The van der Waals surface area contributed by atoms with Crippen molar-refractivity contribution in [3.8, 4) is 5.75 Å². The Bertz CT molecular complexity index is 1500. The molecular formula is C29H28Cl2N2O5. The Labute approximate surface area is 230 Å². The van der Waals surface area contributed by atoms with Gasteiger partial charge in [0.2, 0.25) is 11.8 Å². The van der Waals surface area contributed by atoms with Crippen LogP contribution in [0.2, 0.25) is 0 Å². The third kappa shape index (κ3) is 2.92. The van der Waals surface area contributed by atoms with Crippen LogP contribution < -0.4 is 0 Å². The number of allylic oxidation sites excluding steroid dienone is 2. The fraction of sp³-hybridized carbons (Fsp3) is 0.448. The maximum absolute atomic E-state index is 13.8. The number of phenols is 1. The molecule has 2 aliphatic heterocycles. The molecule has 2 aliphatic carbocycles. The summed E-state index contributed by atoms with van der Waals surface area (Å²) in [7, 11) is 1.37. The average molecular weight is 555 g/mol. The Morgan fingerprint density at radius 1 is 0.921 bits per heavy atom. The summed E-state index contributed by atoms with van der Waals surface area (Å²) in [5, 5.41) is 11.8. The number of rotatable bonds is 1. The molecule has 6 atom stereocenters. The Balaban J connectivity index is 1.62. The molecule has 4 amide bonds. The summed E-state index contributed by atoms with van der Waals surface area (Å²) < 4.78 is 0. The summed E-state index contributed by atoms with van der Waals surface area (Å²) in [6, 6.07) is 10.5. The predicted octanol–water partition coefficient (Wildman–Crippen LogP) is 4.33. The van der Waals surface area contributed by atoms with Gasteiger partial charge in [-0.3, -0.25) is 29.0 Å². The van der Waals surface area contributed by atoms with E-state index in [4.69, 9.17) is 23.2 Å². The third-order valence-electron chi connectivity index (χ3n) is 8.93. The van der Waals surface area contributed by atoms with E-state index in [0.29, 0.717) is 22.8 Å². The molecule has 2 heterocycles. The van der Waals surface area contributed by atoms with Crippen molar-refractivity contribution in [1.29, 1.82) is 0 Å². The fourth-order valence-corrected chi connectivity index (χ4v) is 8.32. The lowest BCUT2D eigenvalue weighted by Gasteiger charge is -2.51. The van der Waals surface area contributed by atoms with E-state index in [-0.39, 0.29) is 24.0 Å². The molecule has 2 aromatic carbocycles. The van der Waals surface area contributed by atoms with Gasteiger partial charge in [0, 0.05) is 23.9 Å². The van der Waals surface area contributed by atoms with E-state index in [2.05, 4.69) is 0 Å². The van der Waals surface area contributed by atoms with E-state index in [1.54, 1.807) is 24.3 Å². The number of amides is 4. The molecule has 6 unspecified atom stereocenters. The van der Waals surface area contributed by atoms with Crippen LogP contribution in [-0.4, -0.2) is 60.9 Å². The quantitative estimate of drug-likeness (QED) is 0.321. The highest BCUT2D eigenvalue weighted by Gasteiger charge is 2.76. The highest BCUT2D eigenvalue weighted by atomic mass is 35.5. The number of halogens is 2. The number of fused-ring (bicyclic) bond motifs is 5. The van der Waals surface area contributed by atoms with Crippen LogP contribution in [0.4, 0.5) is 0 Å². The monoisotopic (exact) mass is 554 g/mol. The van der Waals surface area contributed by atoms with Crippen LogP contribution in [0.25, 0.3) is 10.8 Å². The van der Waals surface area contributed by atoms with Crippen LogP contribution in [0, 0.1) is 17.8 Å². The first-order chi connectivity index (χ1) is 17.7. The van der Waals surface area contributed by atoms with Gasteiger partial charge < -0.3 is 5.11 Å². The first-order valence-electron chi connectivity index (χ1n) is 12.7. The van der Waals surface area contributed by atoms with Crippen LogP contribution in [-0.2, 0) is 19.2 Å². The number of carbonyl (C=O) groups is 4. The minimum absolute atomic E-state index is 0.0382. The van der Waals surface area contributed by atoms with Crippen molar-refractivity contribution in [1.82, 2.24) is 9.80 Å². The second kappa shape index (κ2) is 7.82. The number of carbonyl (C=O) groups excluding carboxylic acids is 4. The van der Waals surface area contributed by atoms with Crippen LogP contribution in [0.3, 0.4) is 0 Å². The predicted molar refractivity (Wildman–Crippen MR) is 143 cm³/mol. The number of benzene rings is 2. The minimum atomic E-state index is -1.86. The van der Waals surface area contributed by atoms with Gasteiger partial charge in [-0.1, -0.05) is 42.0 Å². The maximum Gasteiger partial charge on any atom is 0.253 e. The molecule has 4 aliphatic rings. The molecule has 198 valence electrons. The molecule has 9 heteroatoms. The normalized spacial score (nSPS) is 34.9. The minimum Gasteiger partial charge on any atom is -0.507 e. The first kappa shape index (κ1) is 25.4. The molecule has 7 nitrogen and oxygen atoms in total. The summed E-state index contributed by atoms with van der Waals surface area (Å²) in [6.45, 7) is 5.46. The van der Waals surface area contributed by atoms with Gasteiger partial charge in [0.05, 0.1) is 11.8 Å². The highest BCUT2D eigenvalue weighted by Crippen LogP contribution is 2.66. The van der Waals surface area contributed by atoms with E-state index in [9.17, 15) is 24.3 Å². The largest absolute Gasteiger partial charge is 0.507 e.